The summed E-state index contributed by atoms with van der Waals surface area (Å²) in [4.78, 5) is 10.4. The molecule has 0 unspecified atom stereocenters. The van der Waals surface area contributed by atoms with E-state index in [1.165, 1.54) is 12.1 Å². The van der Waals surface area contributed by atoms with Crippen LogP contribution >= 0.6 is 0 Å². The Morgan fingerprint density at radius 2 is 1.86 bits per heavy atom. The zero-order valence-electron chi connectivity index (χ0n) is 15.3. The fourth-order valence-corrected chi connectivity index (χ4v) is 3.46. The molecule has 3 aromatic rings. The van der Waals surface area contributed by atoms with Crippen molar-refractivity contribution in [2.45, 2.75) is 25.3 Å². The van der Waals surface area contributed by atoms with Crippen LogP contribution in [-0.4, -0.2) is 23.1 Å². The molecule has 10 heteroatoms. The second kappa shape index (κ2) is 7.41. The highest BCUT2D eigenvalue weighted by molar-refractivity contribution is 7.89. The third-order valence-corrected chi connectivity index (χ3v) is 5.30. The Morgan fingerprint density at radius 1 is 1.18 bits per heavy atom. The van der Waals surface area contributed by atoms with Crippen molar-refractivity contribution >= 4 is 21.4 Å². The van der Waals surface area contributed by atoms with Gasteiger partial charge in [-0.2, -0.15) is 5.10 Å². The third-order valence-electron chi connectivity index (χ3n) is 4.39. The van der Waals surface area contributed by atoms with Crippen LogP contribution in [0.5, 0.6) is 0 Å². The summed E-state index contributed by atoms with van der Waals surface area (Å²) in [5.41, 5.74) is 3.34. The lowest BCUT2D eigenvalue weighted by Crippen LogP contribution is -2.13. The number of sulfonamides is 1. The molecule has 28 heavy (non-hydrogen) atoms. The molecule has 0 spiro atoms. The average molecular weight is 401 g/mol. The van der Waals surface area contributed by atoms with Crippen LogP contribution in [0.25, 0.3) is 5.69 Å². The highest BCUT2D eigenvalue weighted by Gasteiger charge is 2.20. The van der Waals surface area contributed by atoms with E-state index in [9.17, 15) is 18.5 Å². The van der Waals surface area contributed by atoms with Gasteiger partial charge in [-0.1, -0.05) is 18.2 Å². The molecule has 3 rings (SSSR count). The van der Waals surface area contributed by atoms with Crippen molar-refractivity contribution < 1.29 is 13.3 Å². The Morgan fingerprint density at radius 3 is 2.46 bits per heavy atom. The molecule has 0 aliphatic carbocycles. The van der Waals surface area contributed by atoms with Gasteiger partial charge < -0.3 is 5.32 Å². The van der Waals surface area contributed by atoms with Crippen molar-refractivity contribution in [1.29, 1.82) is 0 Å². The van der Waals surface area contributed by atoms with Crippen molar-refractivity contribution in [3.63, 3.8) is 0 Å². The summed E-state index contributed by atoms with van der Waals surface area (Å²) >= 11 is 0. The number of hydrogen-bond acceptors (Lipinski definition) is 6. The molecule has 0 saturated carbocycles. The lowest BCUT2D eigenvalue weighted by molar-refractivity contribution is -0.384. The van der Waals surface area contributed by atoms with Gasteiger partial charge in [-0.25, -0.2) is 18.2 Å². The number of nitro benzene ring substituents is 1. The van der Waals surface area contributed by atoms with Gasteiger partial charge in [0, 0.05) is 23.9 Å². The van der Waals surface area contributed by atoms with Gasteiger partial charge in [-0.15, -0.1) is 0 Å². The Hall–Kier alpha value is -3.24. The standard InChI is InChI=1S/C18H19N5O4S/c1-12-16(13(2)22(21-12)14-6-4-3-5-7-14)11-20-17-9-8-15(28(19,26)27)10-18(17)23(24)25/h3-10,20H,11H2,1-2H3,(H2,19,26,27). The maximum Gasteiger partial charge on any atom is 0.293 e. The van der Waals surface area contributed by atoms with E-state index in [0.29, 0.717) is 6.54 Å². The van der Waals surface area contributed by atoms with E-state index in [1.807, 2.05) is 48.9 Å². The van der Waals surface area contributed by atoms with Gasteiger partial charge in [-0.05, 0) is 38.1 Å². The largest absolute Gasteiger partial charge is 0.375 e. The first kappa shape index (κ1) is 19.5. The number of benzene rings is 2. The van der Waals surface area contributed by atoms with Gasteiger partial charge in [-0.3, -0.25) is 10.1 Å². The Bertz CT molecular complexity index is 1140. The smallest absolute Gasteiger partial charge is 0.293 e. The minimum atomic E-state index is -4.03. The SMILES string of the molecule is Cc1nn(-c2ccccc2)c(C)c1CNc1ccc(S(N)(=O)=O)cc1[N+](=O)[O-]. The molecule has 0 bridgehead atoms. The van der Waals surface area contributed by atoms with Gasteiger partial charge in [0.25, 0.3) is 5.69 Å². The normalized spacial score (nSPS) is 11.4. The maximum atomic E-state index is 11.4. The number of primary sulfonamides is 1. The van der Waals surface area contributed by atoms with Gasteiger partial charge >= 0.3 is 0 Å². The van der Waals surface area contributed by atoms with Crippen molar-refractivity contribution in [3.05, 3.63) is 75.6 Å². The predicted molar refractivity (Wildman–Crippen MR) is 105 cm³/mol. The van der Waals surface area contributed by atoms with E-state index < -0.39 is 14.9 Å². The molecule has 2 aromatic carbocycles. The second-order valence-electron chi connectivity index (χ2n) is 6.23. The van der Waals surface area contributed by atoms with Gasteiger partial charge in [0.2, 0.25) is 10.0 Å². The Balaban J connectivity index is 1.91. The summed E-state index contributed by atoms with van der Waals surface area (Å²) in [5, 5.41) is 24.0. The number of nitrogens with one attached hydrogen (secondary N) is 1. The van der Waals surface area contributed by atoms with E-state index >= 15 is 0 Å². The molecule has 0 radical (unpaired) electrons. The topological polar surface area (TPSA) is 133 Å². The first-order valence-electron chi connectivity index (χ1n) is 8.34. The van der Waals surface area contributed by atoms with Crippen LogP contribution < -0.4 is 10.5 Å². The first-order valence-corrected chi connectivity index (χ1v) is 9.88. The quantitative estimate of drug-likeness (QED) is 0.482. The number of nitrogens with two attached hydrogens (primary N) is 1. The molecule has 0 aliphatic rings. The molecule has 3 N–H and O–H groups in total. The summed E-state index contributed by atoms with van der Waals surface area (Å²) < 4.78 is 24.7. The molecule has 1 heterocycles. The summed E-state index contributed by atoms with van der Waals surface area (Å²) in [6.07, 6.45) is 0. The van der Waals surface area contributed by atoms with E-state index in [0.717, 1.165) is 28.7 Å². The van der Waals surface area contributed by atoms with E-state index in [-0.39, 0.29) is 16.3 Å². The molecule has 146 valence electrons. The van der Waals surface area contributed by atoms with Crippen molar-refractivity contribution in [1.82, 2.24) is 9.78 Å². The molecule has 0 atom stereocenters. The van der Waals surface area contributed by atoms with Gasteiger partial charge in [0.05, 0.1) is 21.2 Å². The highest BCUT2D eigenvalue weighted by Crippen LogP contribution is 2.28. The Kier molecular flexibility index (Phi) is 5.16. The fraction of sp³-hybridized carbons (Fsp3) is 0.167. The van der Waals surface area contributed by atoms with Crippen LogP contribution in [-0.2, 0) is 16.6 Å². The van der Waals surface area contributed by atoms with Crippen molar-refractivity contribution in [3.8, 4) is 5.69 Å². The van der Waals surface area contributed by atoms with Crippen LogP contribution in [0.2, 0.25) is 0 Å². The third kappa shape index (κ3) is 3.87. The molecule has 9 nitrogen and oxygen atoms in total. The monoisotopic (exact) mass is 401 g/mol. The maximum absolute atomic E-state index is 11.4. The summed E-state index contributed by atoms with van der Waals surface area (Å²) in [7, 11) is -4.03. The number of aromatic nitrogens is 2. The lowest BCUT2D eigenvalue weighted by atomic mass is 10.2. The number of aryl methyl sites for hydroxylation is 1. The number of hydrogen-bond donors (Lipinski definition) is 2. The number of nitrogens with zero attached hydrogens (tertiary/aromatic N) is 3. The van der Waals surface area contributed by atoms with Crippen LogP contribution in [0, 0.1) is 24.0 Å². The van der Waals surface area contributed by atoms with Gasteiger partial charge in [0.15, 0.2) is 0 Å². The van der Waals surface area contributed by atoms with Crippen LogP contribution in [0.3, 0.4) is 0 Å². The van der Waals surface area contributed by atoms with Crippen LogP contribution in [0.4, 0.5) is 11.4 Å². The highest BCUT2D eigenvalue weighted by atomic mass is 32.2. The van der Waals surface area contributed by atoms with E-state index in [1.54, 1.807) is 0 Å². The van der Waals surface area contributed by atoms with Gasteiger partial charge in [0.1, 0.15) is 5.69 Å². The van der Waals surface area contributed by atoms with E-state index in [4.69, 9.17) is 5.14 Å². The summed E-state index contributed by atoms with van der Waals surface area (Å²) in [6.45, 7) is 4.07. The predicted octanol–water partition coefficient (Wildman–Crippen LogP) is 2.66. The lowest BCUT2D eigenvalue weighted by Gasteiger charge is -2.09. The molecule has 0 amide bonds. The Labute approximate surface area is 162 Å². The second-order valence-corrected chi connectivity index (χ2v) is 7.79. The van der Waals surface area contributed by atoms with Crippen LogP contribution in [0.1, 0.15) is 17.0 Å². The van der Waals surface area contributed by atoms with Crippen molar-refractivity contribution in [2.24, 2.45) is 5.14 Å². The molecular formula is C18H19N5O4S. The molecule has 0 aliphatic heterocycles. The van der Waals surface area contributed by atoms with Crippen LogP contribution in [0.15, 0.2) is 53.4 Å². The summed E-state index contributed by atoms with van der Waals surface area (Å²) in [5.74, 6) is 0. The van der Waals surface area contributed by atoms with Crippen molar-refractivity contribution in [2.75, 3.05) is 5.32 Å². The molecular weight excluding hydrogens is 382 g/mol. The molecule has 1 aromatic heterocycles. The number of para-hydroxylation sites is 1. The number of nitro groups is 1. The van der Waals surface area contributed by atoms with E-state index in [2.05, 4.69) is 10.4 Å². The zero-order chi connectivity index (χ0) is 20.5. The average Bonchev–Trinajstić information content (AvgIpc) is 2.93. The zero-order valence-corrected chi connectivity index (χ0v) is 16.1. The minimum Gasteiger partial charge on any atom is -0.375 e. The summed E-state index contributed by atoms with van der Waals surface area (Å²) in [6, 6.07) is 13.1. The molecule has 0 saturated heterocycles. The minimum absolute atomic E-state index is 0.198. The number of rotatable bonds is 6. The first-order chi connectivity index (χ1) is 13.2. The fourth-order valence-electron chi connectivity index (χ4n) is 2.92. The molecule has 0 fully saturated rings. The number of anilines is 1.